The number of hydrogen-bond donors (Lipinski definition) is 1. The molecule has 0 spiro atoms. The topological polar surface area (TPSA) is 83.7 Å². The fourth-order valence-corrected chi connectivity index (χ4v) is 4.01. The maximum atomic E-state index is 12.4. The molecule has 1 saturated heterocycles. The first-order valence-corrected chi connectivity index (χ1v) is 9.04. The van der Waals surface area contributed by atoms with E-state index in [4.69, 9.17) is 5.73 Å². The zero-order valence-electron chi connectivity index (χ0n) is 12.8. The van der Waals surface area contributed by atoms with Gasteiger partial charge in [0.25, 0.3) is 0 Å². The van der Waals surface area contributed by atoms with Crippen molar-refractivity contribution in [1.29, 1.82) is 0 Å². The van der Waals surface area contributed by atoms with Gasteiger partial charge in [0.15, 0.2) is 0 Å². The van der Waals surface area contributed by atoms with Crippen LogP contribution in [-0.4, -0.2) is 55.8 Å². The number of carbonyl (C=O) groups excluding carboxylic acids is 1. The largest absolute Gasteiger partial charge is 0.340 e. The Kier molecular flexibility index (Phi) is 5.55. The molecule has 1 unspecified atom stereocenters. The highest BCUT2D eigenvalue weighted by Gasteiger charge is 2.28. The van der Waals surface area contributed by atoms with Crippen LogP contribution in [-0.2, 0) is 20.6 Å². The minimum absolute atomic E-state index is 0.00161. The summed E-state index contributed by atoms with van der Waals surface area (Å²) in [5, 5.41) is 0. The summed E-state index contributed by atoms with van der Waals surface area (Å²) in [5.41, 5.74) is 6.40. The maximum Gasteiger partial charge on any atom is 0.224 e. The second-order valence-corrected chi connectivity index (χ2v) is 7.67. The molecule has 122 valence electrons. The standard InChI is InChI=1S/C15H23N3O3S/c1-13(16)11-15(19)17-7-9-18(10-8-17)22(20,21)12-14-5-3-2-4-6-14/h2-6,13H,7-12,16H2,1H3. The molecule has 1 atom stereocenters. The number of amides is 1. The van der Waals surface area contributed by atoms with Gasteiger partial charge < -0.3 is 10.6 Å². The molecule has 0 radical (unpaired) electrons. The molecule has 2 rings (SSSR count). The van der Waals surface area contributed by atoms with E-state index in [0.717, 1.165) is 5.56 Å². The summed E-state index contributed by atoms with van der Waals surface area (Å²) in [6, 6.07) is 8.95. The van der Waals surface area contributed by atoms with Gasteiger partial charge in [0.2, 0.25) is 15.9 Å². The minimum atomic E-state index is -3.34. The lowest BCUT2D eigenvalue weighted by Gasteiger charge is -2.34. The summed E-state index contributed by atoms with van der Waals surface area (Å²) in [7, 11) is -3.34. The van der Waals surface area contributed by atoms with E-state index < -0.39 is 10.0 Å². The molecule has 0 bridgehead atoms. The summed E-state index contributed by atoms with van der Waals surface area (Å²) >= 11 is 0. The van der Waals surface area contributed by atoms with Crippen molar-refractivity contribution in [2.75, 3.05) is 26.2 Å². The maximum absolute atomic E-state index is 12.4. The Labute approximate surface area is 131 Å². The van der Waals surface area contributed by atoms with Crippen molar-refractivity contribution in [3.63, 3.8) is 0 Å². The Balaban J connectivity index is 1.92. The van der Waals surface area contributed by atoms with Gasteiger partial charge in [0, 0.05) is 38.6 Å². The van der Waals surface area contributed by atoms with Crippen molar-refractivity contribution >= 4 is 15.9 Å². The monoisotopic (exact) mass is 325 g/mol. The quantitative estimate of drug-likeness (QED) is 0.849. The number of piperazine rings is 1. The van der Waals surface area contributed by atoms with Crippen LogP contribution >= 0.6 is 0 Å². The van der Waals surface area contributed by atoms with Crippen molar-refractivity contribution in [2.45, 2.75) is 25.1 Å². The first-order chi connectivity index (χ1) is 10.4. The lowest BCUT2D eigenvalue weighted by atomic mass is 10.2. The highest BCUT2D eigenvalue weighted by atomic mass is 32.2. The summed E-state index contributed by atoms with van der Waals surface area (Å²) in [5.74, 6) is -0.00292. The number of sulfonamides is 1. The fraction of sp³-hybridized carbons (Fsp3) is 0.533. The highest BCUT2D eigenvalue weighted by Crippen LogP contribution is 2.14. The molecule has 1 fully saturated rings. The molecule has 7 heteroatoms. The van der Waals surface area contributed by atoms with Gasteiger partial charge in [0.05, 0.1) is 5.75 Å². The predicted molar refractivity (Wildman–Crippen MR) is 85.5 cm³/mol. The third-order valence-electron chi connectivity index (χ3n) is 3.67. The second kappa shape index (κ2) is 7.21. The first kappa shape index (κ1) is 16.9. The smallest absolute Gasteiger partial charge is 0.224 e. The number of nitrogens with two attached hydrogens (primary N) is 1. The lowest BCUT2D eigenvalue weighted by molar-refractivity contribution is -0.132. The van der Waals surface area contributed by atoms with E-state index in [-0.39, 0.29) is 17.7 Å². The molecule has 1 aromatic rings. The zero-order valence-corrected chi connectivity index (χ0v) is 13.6. The van der Waals surface area contributed by atoms with Gasteiger partial charge in [-0.05, 0) is 12.5 Å². The summed E-state index contributed by atoms with van der Waals surface area (Å²) < 4.78 is 26.3. The third kappa shape index (κ3) is 4.53. The van der Waals surface area contributed by atoms with Gasteiger partial charge >= 0.3 is 0 Å². The molecule has 6 nitrogen and oxygen atoms in total. The predicted octanol–water partition coefficient (Wildman–Crippen LogP) is 0.398. The highest BCUT2D eigenvalue weighted by molar-refractivity contribution is 7.88. The van der Waals surface area contributed by atoms with Gasteiger partial charge in [-0.15, -0.1) is 0 Å². The lowest BCUT2D eigenvalue weighted by Crippen LogP contribution is -2.51. The Morgan fingerprint density at radius 1 is 1.18 bits per heavy atom. The Hall–Kier alpha value is -1.44. The Morgan fingerprint density at radius 2 is 1.77 bits per heavy atom. The molecule has 1 aliphatic heterocycles. The second-order valence-electron chi connectivity index (χ2n) is 5.70. The fourth-order valence-electron chi connectivity index (χ4n) is 2.50. The number of hydrogen-bond acceptors (Lipinski definition) is 4. The van der Waals surface area contributed by atoms with Crippen LogP contribution in [0.2, 0.25) is 0 Å². The Bertz CT molecular complexity index is 594. The number of benzene rings is 1. The normalized spacial score (nSPS) is 18.2. The van der Waals surface area contributed by atoms with E-state index in [1.807, 2.05) is 18.2 Å². The summed E-state index contributed by atoms with van der Waals surface area (Å²) in [6.45, 7) is 3.34. The zero-order chi connectivity index (χ0) is 16.2. The third-order valence-corrected chi connectivity index (χ3v) is 5.52. The molecular formula is C15H23N3O3S. The molecule has 1 amide bonds. The van der Waals surface area contributed by atoms with Crippen LogP contribution in [0.4, 0.5) is 0 Å². The van der Waals surface area contributed by atoms with Gasteiger partial charge in [-0.25, -0.2) is 8.42 Å². The van der Waals surface area contributed by atoms with Crippen LogP contribution in [0.3, 0.4) is 0 Å². The molecule has 0 saturated carbocycles. The molecular weight excluding hydrogens is 302 g/mol. The van der Waals surface area contributed by atoms with Gasteiger partial charge in [0.1, 0.15) is 0 Å². The van der Waals surface area contributed by atoms with Crippen LogP contribution in [0.25, 0.3) is 0 Å². The van der Waals surface area contributed by atoms with Crippen molar-refractivity contribution in [1.82, 2.24) is 9.21 Å². The average molecular weight is 325 g/mol. The summed E-state index contributed by atoms with van der Waals surface area (Å²) in [6.07, 6.45) is 0.302. The van der Waals surface area contributed by atoms with Crippen LogP contribution < -0.4 is 5.73 Å². The first-order valence-electron chi connectivity index (χ1n) is 7.43. The average Bonchev–Trinajstić information content (AvgIpc) is 2.47. The summed E-state index contributed by atoms with van der Waals surface area (Å²) in [4.78, 5) is 13.6. The van der Waals surface area contributed by atoms with E-state index in [2.05, 4.69) is 0 Å². The van der Waals surface area contributed by atoms with Gasteiger partial charge in [-0.3, -0.25) is 4.79 Å². The van der Waals surface area contributed by atoms with E-state index in [1.54, 1.807) is 24.0 Å². The van der Waals surface area contributed by atoms with Crippen molar-refractivity contribution in [3.8, 4) is 0 Å². The van der Waals surface area contributed by atoms with E-state index in [1.165, 1.54) is 4.31 Å². The SMILES string of the molecule is CC(N)CC(=O)N1CCN(S(=O)(=O)Cc2ccccc2)CC1. The van der Waals surface area contributed by atoms with Crippen molar-refractivity contribution in [3.05, 3.63) is 35.9 Å². The molecule has 1 aromatic carbocycles. The molecule has 0 aromatic heterocycles. The molecule has 1 heterocycles. The molecule has 1 aliphatic rings. The molecule has 0 aliphatic carbocycles. The van der Waals surface area contributed by atoms with Crippen LogP contribution in [0.15, 0.2) is 30.3 Å². The van der Waals surface area contributed by atoms with Crippen molar-refractivity contribution < 1.29 is 13.2 Å². The van der Waals surface area contributed by atoms with Crippen LogP contribution in [0.1, 0.15) is 18.9 Å². The molecule has 2 N–H and O–H groups in total. The molecule has 22 heavy (non-hydrogen) atoms. The number of nitrogens with zero attached hydrogens (tertiary/aromatic N) is 2. The van der Waals surface area contributed by atoms with Gasteiger partial charge in [-0.1, -0.05) is 30.3 Å². The Morgan fingerprint density at radius 3 is 2.32 bits per heavy atom. The number of rotatable bonds is 5. The van der Waals surface area contributed by atoms with Crippen LogP contribution in [0, 0.1) is 0 Å². The van der Waals surface area contributed by atoms with Crippen LogP contribution in [0.5, 0.6) is 0 Å². The van der Waals surface area contributed by atoms with Gasteiger partial charge in [-0.2, -0.15) is 4.31 Å². The van der Waals surface area contributed by atoms with E-state index in [9.17, 15) is 13.2 Å². The van der Waals surface area contributed by atoms with E-state index >= 15 is 0 Å². The minimum Gasteiger partial charge on any atom is -0.340 e. The van der Waals surface area contributed by atoms with E-state index in [0.29, 0.717) is 32.6 Å². The van der Waals surface area contributed by atoms with Crippen molar-refractivity contribution in [2.24, 2.45) is 5.73 Å². The number of carbonyl (C=O) groups is 1.